The first-order chi connectivity index (χ1) is 9.58. The highest BCUT2D eigenvalue weighted by atomic mass is 19.1. The van der Waals surface area contributed by atoms with Gasteiger partial charge in [-0.2, -0.15) is 0 Å². The third-order valence-corrected chi connectivity index (χ3v) is 3.22. The van der Waals surface area contributed by atoms with Gasteiger partial charge in [0.2, 0.25) is 0 Å². The summed E-state index contributed by atoms with van der Waals surface area (Å²) in [5.41, 5.74) is 0.535. The highest BCUT2D eigenvalue weighted by Crippen LogP contribution is 2.12. The number of aromatic amines is 1. The quantitative estimate of drug-likeness (QED) is 0.736. The van der Waals surface area contributed by atoms with Crippen LogP contribution in [0.3, 0.4) is 0 Å². The number of rotatable bonds is 1. The highest BCUT2D eigenvalue weighted by molar-refractivity contribution is 5.77. The van der Waals surface area contributed by atoms with Gasteiger partial charge in [-0.15, -0.1) is 0 Å². The first kappa shape index (κ1) is 12.3. The SMILES string of the molecule is Cc1ccccc1-n1c(=O)[nH]c2ccc(F)cc2c1=O. The van der Waals surface area contributed by atoms with Crippen molar-refractivity contribution in [1.29, 1.82) is 0 Å². The van der Waals surface area contributed by atoms with Crippen molar-refractivity contribution in [2.45, 2.75) is 6.92 Å². The number of para-hydroxylation sites is 1. The molecule has 100 valence electrons. The number of benzene rings is 2. The molecule has 5 heteroatoms. The van der Waals surface area contributed by atoms with Gasteiger partial charge in [0.15, 0.2) is 0 Å². The molecule has 0 aliphatic rings. The van der Waals surface area contributed by atoms with Crippen molar-refractivity contribution in [3.05, 3.63) is 74.7 Å². The maximum atomic E-state index is 13.3. The molecular formula is C15H11FN2O2. The van der Waals surface area contributed by atoms with Crippen LogP contribution in [0, 0.1) is 12.7 Å². The molecule has 20 heavy (non-hydrogen) atoms. The number of aryl methyl sites for hydroxylation is 1. The molecule has 0 radical (unpaired) electrons. The molecule has 1 aromatic heterocycles. The van der Waals surface area contributed by atoms with Crippen LogP contribution in [0.1, 0.15) is 5.56 Å². The van der Waals surface area contributed by atoms with Crippen molar-refractivity contribution in [3.63, 3.8) is 0 Å². The lowest BCUT2D eigenvalue weighted by molar-refractivity contribution is 0.629. The van der Waals surface area contributed by atoms with Crippen LogP contribution in [0.2, 0.25) is 0 Å². The van der Waals surface area contributed by atoms with Gasteiger partial charge in [0.05, 0.1) is 16.6 Å². The molecule has 4 nitrogen and oxygen atoms in total. The Hall–Kier alpha value is -2.69. The fourth-order valence-electron chi connectivity index (χ4n) is 2.22. The predicted octanol–water partition coefficient (Wildman–Crippen LogP) is 2.13. The number of hydrogen-bond donors (Lipinski definition) is 1. The number of nitrogens with zero attached hydrogens (tertiary/aromatic N) is 1. The number of H-pyrrole nitrogens is 1. The fourth-order valence-corrected chi connectivity index (χ4v) is 2.22. The van der Waals surface area contributed by atoms with E-state index in [0.717, 1.165) is 16.2 Å². The van der Waals surface area contributed by atoms with Gasteiger partial charge in [0.25, 0.3) is 5.56 Å². The van der Waals surface area contributed by atoms with E-state index in [2.05, 4.69) is 4.98 Å². The van der Waals surface area contributed by atoms with Crippen LogP contribution in [0.25, 0.3) is 16.6 Å². The van der Waals surface area contributed by atoms with Crippen molar-refractivity contribution in [2.75, 3.05) is 0 Å². The number of hydrogen-bond acceptors (Lipinski definition) is 2. The van der Waals surface area contributed by atoms with E-state index in [4.69, 9.17) is 0 Å². The molecular weight excluding hydrogens is 259 g/mol. The first-order valence-electron chi connectivity index (χ1n) is 6.08. The molecule has 0 atom stereocenters. The summed E-state index contributed by atoms with van der Waals surface area (Å²) < 4.78 is 14.3. The van der Waals surface area contributed by atoms with E-state index in [0.29, 0.717) is 11.2 Å². The van der Waals surface area contributed by atoms with Crippen LogP contribution < -0.4 is 11.2 Å². The van der Waals surface area contributed by atoms with Gasteiger partial charge in [-0.05, 0) is 36.8 Å². The Morgan fingerprint density at radius 2 is 1.85 bits per heavy atom. The summed E-state index contributed by atoms with van der Waals surface area (Å²) in [6.07, 6.45) is 0. The highest BCUT2D eigenvalue weighted by Gasteiger charge is 2.11. The molecule has 0 fully saturated rings. The molecule has 0 amide bonds. The molecule has 0 bridgehead atoms. The van der Waals surface area contributed by atoms with Crippen molar-refractivity contribution in [3.8, 4) is 5.69 Å². The topological polar surface area (TPSA) is 54.9 Å². The molecule has 1 N–H and O–H groups in total. The average Bonchev–Trinajstić information content (AvgIpc) is 2.42. The van der Waals surface area contributed by atoms with E-state index in [9.17, 15) is 14.0 Å². The Balaban J connectivity index is 2.46. The van der Waals surface area contributed by atoms with E-state index in [1.165, 1.54) is 12.1 Å². The van der Waals surface area contributed by atoms with Crippen LogP contribution in [-0.2, 0) is 0 Å². The Kier molecular flexibility index (Phi) is 2.75. The van der Waals surface area contributed by atoms with Gasteiger partial charge < -0.3 is 4.98 Å². The van der Waals surface area contributed by atoms with Crippen molar-refractivity contribution >= 4 is 10.9 Å². The van der Waals surface area contributed by atoms with Crippen LogP contribution in [0.5, 0.6) is 0 Å². The van der Waals surface area contributed by atoms with Gasteiger partial charge in [0.1, 0.15) is 5.82 Å². The summed E-state index contributed by atoms with van der Waals surface area (Å²) >= 11 is 0. The standard InChI is InChI=1S/C15H11FN2O2/c1-9-4-2-3-5-13(9)18-14(19)11-8-10(16)6-7-12(11)17-15(18)20/h2-8H,1H3,(H,17,20). The zero-order chi connectivity index (χ0) is 14.3. The normalized spacial score (nSPS) is 10.9. The molecule has 0 spiro atoms. The minimum Gasteiger partial charge on any atom is -0.306 e. The van der Waals surface area contributed by atoms with E-state index >= 15 is 0 Å². The molecule has 0 saturated heterocycles. The minimum atomic E-state index is -0.539. The van der Waals surface area contributed by atoms with E-state index in [1.807, 2.05) is 6.07 Å². The van der Waals surface area contributed by atoms with Crippen LogP contribution in [0.4, 0.5) is 4.39 Å². The van der Waals surface area contributed by atoms with Crippen LogP contribution in [-0.4, -0.2) is 9.55 Å². The maximum absolute atomic E-state index is 13.3. The van der Waals surface area contributed by atoms with Crippen molar-refractivity contribution in [2.24, 2.45) is 0 Å². The Labute approximate surface area is 113 Å². The molecule has 0 aliphatic carbocycles. The van der Waals surface area contributed by atoms with E-state index < -0.39 is 17.1 Å². The van der Waals surface area contributed by atoms with E-state index in [1.54, 1.807) is 25.1 Å². The Morgan fingerprint density at radius 3 is 2.60 bits per heavy atom. The molecule has 2 aromatic carbocycles. The summed E-state index contributed by atoms with van der Waals surface area (Å²) in [5.74, 6) is -0.516. The third kappa shape index (κ3) is 1.84. The van der Waals surface area contributed by atoms with Gasteiger partial charge in [-0.25, -0.2) is 13.8 Å². The third-order valence-electron chi connectivity index (χ3n) is 3.22. The zero-order valence-corrected chi connectivity index (χ0v) is 10.7. The van der Waals surface area contributed by atoms with Crippen LogP contribution in [0.15, 0.2) is 52.1 Å². The Morgan fingerprint density at radius 1 is 1.10 bits per heavy atom. The number of fused-ring (bicyclic) bond motifs is 1. The van der Waals surface area contributed by atoms with Crippen molar-refractivity contribution in [1.82, 2.24) is 9.55 Å². The second-order valence-corrected chi connectivity index (χ2v) is 4.55. The van der Waals surface area contributed by atoms with Gasteiger partial charge in [-0.1, -0.05) is 18.2 Å². The second kappa shape index (κ2) is 4.45. The summed E-state index contributed by atoms with van der Waals surface area (Å²) in [4.78, 5) is 27.1. The molecule has 0 unspecified atom stereocenters. The molecule has 0 aliphatic heterocycles. The van der Waals surface area contributed by atoms with E-state index in [-0.39, 0.29) is 5.39 Å². The zero-order valence-electron chi connectivity index (χ0n) is 10.7. The van der Waals surface area contributed by atoms with Gasteiger partial charge in [0, 0.05) is 0 Å². The smallest absolute Gasteiger partial charge is 0.306 e. The number of halogens is 1. The summed E-state index contributed by atoms with van der Waals surface area (Å²) in [6.45, 7) is 1.80. The molecule has 3 rings (SSSR count). The monoisotopic (exact) mass is 270 g/mol. The molecule has 3 aromatic rings. The lowest BCUT2D eigenvalue weighted by atomic mass is 10.2. The van der Waals surface area contributed by atoms with Gasteiger partial charge in [-0.3, -0.25) is 4.79 Å². The maximum Gasteiger partial charge on any atom is 0.333 e. The minimum absolute atomic E-state index is 0.146. The molecule has 0 saturated carbocycles. The summed E-state index contributed by atoms with van der Waals surface area (Å²) in [7, 11) is 0. The van der Waals surface area contributed by atoms with Gasteiger partial charge >= 0.3 is 5.69 Å². The van der Waals surface area contributed by atoms with Crippen LogP contribution >= 0.6 is 0 Å². The predicted molar refractivity (Wildman–Crippen MR) is 74.9 cm³/mol. The summed E-state index contributed by atoms with van der Waals surface area (Å²) in [5, 5.41) is 0.146. The first-order valence-corrected chi connectivity index (χ1v) is 6.08. The number of nitrogens with one attached hydrogen (secondary N) is 1. The fraction of sp³-hybridized carbons (Fsp3) is 0.0667. The number of aromatic nitrogens is 2. The second-order valence-electron chi connectivity index (χ2n) is 4.55. The largest absolute Gasteiger partial charge is 0.333 e. The molecule has 1 heterocycles. The summed E-state index contributed by atoms with van der Waals surface area (Å²) in [6, 6.07) is 10.8. The average molecular weight is 270 g/mol. The van der Waals surface area contributed by atoms with Crippen molar-refractivity contribution < 1.29 is 4.39 Å². The lowest BCUT2D eigenvalue weighted by Crippen LogP contribution is -2.34. The lowest BCUT2D eigenvalue weighted by Gasteiger charge is -2.08. The Bertz CT molecular complexity index is 925.